The Morgan fingerprint density at radius 1 is 1.09 bits per heavy atom. The fourth-order valence-electron chi connectivity index (χ4n) is 4.49. The minimum absolute atomic E-state index is 0.204. The van der Waals surface area contributed by atoms with E-state index in [1.54, 1.807) is 36.4 Å². The van der Waals surface area contributed by atoms with E-state index >= 15 is 0 Å². The number of hydrogen-bond donors (Lipinski definition) is 2. The van der Waals surface area contributed by atoms with Gasteiger partial charge in [-0.2, -0.15) is 0 Å². The van der Waals surface area contributed by atoms with Gasteiger partial charge in [0.25, 0.3) is 0 Å². The second-order valence-electron chi connectivity index (χ2n) is 8.05. The molecule has 1 fully saturated rings. The summed E-state index contributed by atoms with van der Waals surface area (Å²) in [6, 6.07) is 19.7. The largest absolute Gasteiger partial charge is 0.467 e. The number of amides is 1. The van der Waals surface area contributed by atoms with E-state index in [4.69, 9.17) is 40.2 Å². The summed E-state index contributed by atoms with van der Waals surface area (Å²) in [5.74, 6) is -0.156. The van der Waals surface area contributed by atoms with Crippen LogP contribution in [0.5, 0.6) is 5.75 Å². The van der Waals surface area contributed by atoms with Gasteiger partial charge in [-0.1, -0.05) is 39.1 Å². The maximum absolute atomic E-state index is 13.7. The average molecular weight is 563 g/mol. The van der Waals surface area contributed by atoms with E-state index in [0.29, 0.717) is 26.6 Å². The summed E-state index contributed by atoms with van der Waals surface area (Å²) in [5, 5.41) is 8.07. The van der Waals surface area contributed by atoms with Crippen molar-refractivity contribution in [1.29, 1.82) is 0 Å². The van der Waals surface area contributed by atoms with E-state index in [9.17, 15) is 4.79 Å². The molecule has 33 heavy (non-hydrogen) atoms. The standard InChI is InChI=1S/C24H18BrCl2N3O2S/c1-24-20(22(31)28-16-7-3-14(26)4-8-16)21(18-12-13(25)2-11-19(18)32-24)29-23(33)30(24)17-9-5-15(27)6-10-17/h2-12,20-21H,1H3,(H,28,31)(H,29,33)/t20-,21-,24+/m1/s1. The number of rotatable bonds is 3. The van der Waals surface area contributed by atoms with Gasteiger partial charge < -0.3 is 15.4 Å². The van der Waals surface area contributed by atoms with Crippen LogP contribution in [0.15, 0.2) is 71.2 Å². The van der Waals surface area contributed by atoms with E-state index in [0.717, 1.165) is 15.7 Å². The number of fused-ring (bicyclic) bond motifs is 4. The molecule has 0 spiro atoms. The van der Waals surface area contributed by atoms with Crippen LogP contribution < -0.4 is 20.3 Å². The first-order valence-corrected chi connectivity index (χ1v) is 12.1. The van der Waals surface area contributed by atoms with Crippen molar-refractivity contribution in [3.05, 3.63) is 86.8 Å². The molecule has 1 amide bonds. The van der Waals surface area contributed by atoms with Gasteiger partial charge in [0, 0.05) is 31.5 Å². The minimum atomic E-state index is -1.10. The molecule has 168 valence electrons. The molecule has 3 atom stereocenters. The number of halogens is 3. The molecule has 5 nitrogen and oxygen atoms in total. The van der Waals surface area contributed by atoms with Crippen molar-refractivity contribution in [2.24, 2.45) is 5.92 Å². The summed E-state index contributed by atoms with van der Waals surface area (Å²) < 4.78 is 7.45. The molecule has 2 heterocycles. The topological polar surface area (TPSA) is 53.6 Å². The highest BCUT2D eigenvalue weighted by Gasteiger charge is 2.59. The SMILES string of the molecule is C[C@@]12Oc3ccc(Br)cc3[C@@H](NC(=S)N1c1ccc(Cl)cc1)[C@@H]2C(=O)Nc1ccc(Cl)cc1. The highest BCUT2D eigenvalue weighted by atomic mass is 79.9. The smallest absolute Gasteiger partial charge is 0.236 e. The van der Waals surface area contributed by atoms with Gasteiger partial charge >= 0.3 is 0 Å². The predicted molar refractivity (Wildman–Crippen MR) is 139 cm³/mol. The lowest BCUT2D eigenvalue weighted by Crippen LogP contribution is -2.72. The highest BCUT2D eigenvalue weighted by molar-refractivity contribution is 9.10. The molecule has 1 saturated heterocycles. The van der Waals surface area contributed by atoms with E-state index < -0.39 is 11.6 Å². The number of anilines is 2. The summed E-state index contributed by atoms with van der Waals surface area (Å²) in [6.45, 7) is 1.89. The van der Waals surface area contributed by atoms with E-state index in [1.807, 2.05) is 42.2 Å². The van der Waals surface area contributed by atoms with Gasteiger partial charge in [-0.05, 0) is 85.9 Å². The van der Waals surface area contributed by atoms with Crippen LogP contribution in [0.25, 0.3) is 0 Å². The van der Waals surface area contributed by atoms with E-state index in [-0.39, 0.29) is 11.9 Å². The Bertz CT molecular complexity index is 1260. The Kier molecular flexibility index (Phi) is 5.77. The number of carbonyl (C=O) groups excluding carboxylic acids is 1. The lowest BCUT2D eigenvalue weighted by Gasteiger charge is -2.56. The van der Waals surface area contributed by atoms with Crippen LogP contribution in [-0.2, 0) is 4.79 Å². The molecule has 0 radical (unpaired) electrons. The molecule has 9 heteroatoms. The lowest BCUT2D eigenvalue weighted by molar-refractivity contribution is -0.130. The lowest BCUT2D eigenvalue weighted by atomic mass is 9.78. The summed E-state index contributed by atoms with van der Waals surface area (Å²) in [5.41, 5.74) is 1.17. The number of nitrogens with zero attached hydrogens (tertiary/aromatic N) is 1. The molecule has 5 rings (SSSR count). The van der Waals surface area contributed by atoms with Gasteiger partial charge in [-0.3, -0.25) is 9.69 Å². The zero-order valence-electron chi connectivity index (χ0n) is 17.3. The monoisotopic (exact) mass is 561 g/mol. The van der Waals surface area contributed by atoms with Gasteiger partial charge in [0.05, 0.1) is 6.04 Å². The van der Waals surface area contributed by atoms with Crippen molar-refractivity contribution in [3.63, 3.8) is 0 Å². The molecule has 2 N–H and O–H groups in total. The molecule has 0 saturated carbocycles. The minimum Gasteiger partial charge on any atom is -0.467 e. The Labute approximate surface area is 215 Å². The van der Waals surface area contributed by atoms with Crippen molar-refractivity contribution in [2.75, 3.05) is 10.2 Å². The maximum atomic E-state index is 13.7. The number of ether oxygens (including phenoxy) is 1. The molecule has 0 aliphatic carbocycles. The van der Waals surface area contributed by atoms with Crippen LogP contribution in [0.4, 0.5) is 11.4 Å². The Morgan fingerprint density at radius 2 is 1.73 bits per heavy atom. The van der Waals surface area contributed by atoms with Gasteiger partial charge in [0.15, 0.2) is 10.8 Å². The van der Waals surface area contributed by atoms with Crippen molar-refractivity contribution < 1.29 is 9.53 Å². The third kappa shape index (κ3) is 3.97. The van der Waals surface area contributed by atoms with Crippen LogP contribution in [0.2, 0.25) is 10.0 Å². The third-order valence-corrected chi connectivity index (χ3v) is 7.24. The Balaban J connectivity index is 1.62. The van der Waals surface area contributed by atoms with E-state index in [2.05, 4.69) is 26.6 Å². The first-order chi connectivity index (χ1) is 15.8. The van der Waals surface area contributed by atoms with Crippen LogP contribution in [-0.4, -0.2) is 16.7 Å². The summed E-state index contributed by atoms with van der Waals surface area (Å²) >= 11 is 21.4. The molecular formula is C24H18BrCl2N3O2S. The predicted octanol–water partition coefficient (Wildman–Crippen LogP) is 6.56. The van der Waals surface area contributed by atoms with Gasteiger partial charge in [-0.25, -0.2) is 0 Å². The van der Waals surface area contributed by atoms with Crippen LogP contribution in [0.1, 0.15) is 18.5 Å². The fraction of sp³-hybridized carbons (Fsp3) is 0.167. The van der Waals surface area contributed by atoms with E-state index in [1.165, 1.54) is 0 Å². The summed E-state index contributed by atoms with van der Waals surface area (Å²) in [6.07, 6.45) is 0. The summed E-state index contributed by atoms with van der Waals surface area (Å²) in [4.78, 5) is 15.6. The average Bonchev–Trinajstić information content (AvgIpc) is 2.77. The zero-order chi connectivity index (χ0) is 23.3. The molecule has 3 aromatic carbocycles. The maximum Gasteiger partial charge on any atom is 0.236 e. The summed E-state index contributed by atoms with van der Waals surface area (Å²) in [7, 11) is 0. The molecule has 2 aliphatic rings. The van der Waals surface area contributed by atoms with Crippen LogP contribution >= 0.6 is 51.3 Å². The molecule has 2 aliphatic heterocycles. The second-order valence-corrected chi connectivity index (χ2v) is 10.2. The number of carbonyl (C=O) groups is 1. The van der Waals surface area contributed by atoms with Gasteiger partial charge in [-0.15, -0.1) is 0 Å². The number of nitrogens with one attached hydrogen (secondary N) is 2. The second kappa shape index (κ2) is 8.47. The van der Waals surface area contributed by atoms with Crippen molar-refractivity contribution in [1.82, 2.24) is 5.32 Å². The fourth-order valence-corrected chi connectivity index (χ4v) is 5.53. The molecule has 2 bridgehead atoms. The van der Waals surface area contributed by atoms with Gasteiger partial charge in [0.1, 0.15) is 11.7 Å². The third-order valence-electron chi connectivity index (χ3n) is 5.94. The Hall–Kier alpha value is -2.32. The molecule has 0 unspecified atom stereocenters. The van der Waals surface area contributed by atoms with Gasteiger partial charge in [0.2, 0.25) is 5.91 Å². The first-order valence-electron chi connectivity index (χ1n) is 10.2. The van der Waals surface area contributed by atoms with Crippen molar-refractivity contribution >= 4 is 73.7 Å². The molecule has 0 aromatic heterocycles. The number of benzene rings is 3. The van der Waals surface area contributed by atoms with Crippen molar-refractivity contribution in [2.45, 2.75) is 18.7 Å². The van der Waals surface area contributed by atoms with Crippen LogP contribution in [0.3, 0.4) is 0 Å². The quantitative estimate of drug-likeness (QED) is 0.354. The normalized spacial score (nSPS) is 23.3. The first kappa shape index (κ1) is 22.5. The number of thiocarbonyl (C=S) groups is 1. The molecular weight excluding hydrogens is 545 g/mol. The number of hydrogen-bond acceptors (Lipinski definition) is 3. The van der Waals surface area contributed by atoms with Crippen molar-refractivity contribution in [3.8, 4) is 5.75 Å². The van der Waals surface area contributed by atoms with Crippen LogP contribution in [0, 0.1) is 5.92 Å². The molecule has 3 aromatic rings. The highest BCUT2D eigenvalue weighted by Crippen LogP contribution is 2.50. The zero-order valence-corrected chi connectivity index (χ0v) is 21.2. The Morgan fingerprint density at radius 3 is 2.39 bits per heavy atom.